The van der Waals surface area contributed by atoms with Crippen LogP contribution in [0, 0.1) is 6.92 Å². The summed E-state index contributed by atoms with van der Waals surface area (Å²) in [5.74, 6) is 0.556. The highest BCUT2D eigenvalue weighted by Gasteiger charge is 2.41. The number of nitrogens with one attached hydrogen (secondary N) is 1. The van der Waals surface area contributed by atoms with Crippen LogP contribution in [0.1, 0.15) is 51.4 Å². The van der Waals surface area contributed by atoms with Crippen LogP contribution in [0.5, 0.6) is 0 Å². The highest BCUT2D eigenvalue weighted by molar-refractivity contribution is 5.97. The molecule has 1 aliphatic heterocycles. The molecule has 5 rings (SSSR count). The van der Waals surface area contributed by atoms with Crippen LogP contribution in [0.3, 0.4) is 0 Å². The van der Waals surface area contributed by atoms with E-state index in [9.17, 15) is 4.79 Å². The number of hydrogen-bond acceptors (Lipinski definition) is 3. The van der Waals surface area contributed by atoms with E-state index in [0.29, 0.717) is 5.92 Å². The molecule has 1 fully saturated rings. The van der Waals surface area contributed by atoms with Gasteiger partial charge in [-0.05, 0) is 66.6 Å². The summed E-state index contributed by atoms with van der Waals surface area (Å²) in [6.07, 6.45) is 6.75. The molecule has 1 amide bonds. The molecule has 0 saturated carbocycles. The lowest BCUT2D eigenvalue weighted by Crippen LogP contribution is -2.46. The molecular weight excluding hydrogens is 348 g/mol. The zero-order valence-corrected chi connectivity index (χ0v) is 16.3. The molecule has 3 aromatic rings. The summed E-state index contributed by atoms with van der Waals surface area (Å²) in [4.78, 5) is 27.1. The first-order chi connectivity index (χ1) is 13.7. The predicted octanol–water partition coefficient (Wildman–Crippen LogP) is 3.86. The number of carbonyl (C=O) groups excluding carboxylic acids is 1. The van der Waals surface area contributed by atoms with Crippen LogP contribution in [0.4, 0.5) is 0 Å². The smallest absolute Gasteiger partial charge is 0.254 e. The summed E-state index contributed by atoms with van der Waals surface area (Å²) in [5, 5.41) is 0. The van der Waals surface area contributed by atoms with E-state index >= 15 is 0 Å². The van der Waals surface area contributed by atoms with Crippen LogP contribution < -0.4 is 0 Å². The fraction of sp³-hybridized carbons (Fsp3) is 0.348. The number of amides is 1. The summed E-state index contributed by atoms with van der Waals surface area (Å²) >= 11 is 0. The lowest BCUT2D eigenvalue weighted by Gasteiger charge is -2.38. The molecule has 1 aliphatic carbocycles. The Hall–Kier alpha value is -2.95. The van der Waals surface area contributed by atoms with Crippen molar-refractivity contribution in [2.45, 2.75) is 38.1 Å². The van der Waals surface area contributed by atoms with Gasteiger partial charge in [0.1, 0.15) is 0 Å². The number of nitrogens with zero attached hydrogens (tertiary/aromatic N) is 3. The normalized spacial score (nSPS) is 21.3. The molecule has 2 unspecified atom stereocenters. The fourth-order valence-electron chi connectivity index (χ4n) is 5.13. The van der Waals surface area contributed by atoms with Gasteiger partial charge in [-0.25, -0.2) is 4.98 Å². The number of fused-ring (bicyclic) bond motifs is 4. The number of piperidine rings is 1. The van der Waals surface area contributed by atoms with Gasteiger partial charge in [-0.1, -0.05) is 12.1 Å². The van der Waals surface area contributed by atoms with E-state index in [1.165, 1.54) is 22.3 Å². The number of imidazole rings is 1. The molecule has 1 saturated heterocycles. The molecule has 2 aromatic carbocycles. The molecule has 0 bridgehead atoms. The van der Waals surface area contributed by atoms with Gasteiger partial charge in [-0.2, -0.15) is 0 Å². The summed E-state index contributed by atoms with van der Waals surface area (Å²) in [6, 6.07) is 10.4. The highest BCUT2D eigenvalue weighted by Crippen LogP contribution is 2.44. The average Bonchev–Trinajstić information content (AvgIpc) is 3.33. The zero-order valence-electron chi connectivity index (χ0n) is 16.3. The second-order valence-electron chi connectivity index (χ2n) is 7.89. The molecule has 2 aliphatic rings. The Bertz CT molecular complexity index is 1100. The SMILES string of the molecule is CN=Cc1ccc2c(c1C)C1CCCN(C(=O)c3ccc4nc[nH]c4c3)C1C2. The molecule has 5 heteroatoms. The van der Waals surface area contributed by atoms with E-state index in [0.717, 1.165) is 42.4 Å². The number of benzene rings is 2. The number of aromatic amines is 1. The van der Waals surface area contributed by atoms with Gasteiger partial charge in [0.2, 0.25) is 0 Å². The first kappa shape index (κ1) is 17.2. The number of rotatable bonds is 2. The molecule has 142 valence electrons. The maximum atomic E-state index is 13.4. The molecule has 0 radical (unpaired) electrons. The molecule has 28 heavy (non-hydrogen) atoms. The number of aliphatic imine (C=N–C) groups is 1. The number of likely N-dealkylation sites (tertiary alicyclic amines) is 1. The van der Waals surface area contributed by atoms with Gasteiger partial charge in [0, 0.05) is 37.3 Å². The lowest BCUT2D eigenvalue weighted by molar-refractivity contribution is 0.0595. The fourth-order valence-corrected chi connectivity index (χ4v) is 5.13. The first-order valence-electron chi connectivity index (χ1n) is 9.96. The van der Waals surface area contributed by atoms with Crippen LogP contribution >= 0.6 is 0 Å². The molecule has 2 atom stereocenters. The van der Waals surface area contributed by atoms with Crippen LogP contribution in [-0.2, 0) is 6.42 Å². The number of aromatic nitrogens is 2. The summed E-state index contributed by atoms with van der Waals surface area (Å²) in [6.45, 7) is 3.03. The minimum Gasteiger partial charge on any atom is -0.345 e. The van der Waals surface area contributed by atoms with Crippen molar-refractivity contribution in [3.8, 4) is 0 Å². The topological polar surface area (TPSA) is 61.4 Å². The van der Waals surface area contributed by atoms with Crippen molar-refractivity contribution in [1.82, 2.24) is 14.9 Å². The molecule has 0 spiro atoms. The van der Waals surface area contributed by atoms with E-state index in [4.69, 9.17) is 0 Å². The Morgan fingerprint density at radius 1 is 1.32 bits per heavy atom. The van der Waals surface area contributed by atoms with Crippen molar-refractivity contribution in [3.63, 3.8) is 0 Å². The minimum absolute atomic E-state index is 0.131. The van der Waals surface area contributed by atoms with Crippen molar-refractivity contribution in [2.24, 2.45) is 4.99 Å². The minimum atomic E-state index is 0.131. The number of carbonyl (C=O) groups is 1. The quantitative estimate of drug-likeness (QED) is 0.694. The van der Waals surface area contributed by atoms with Gasteiger partial charge in [0.05, 0.1) is 17.4 Å². The van der Waals surface area contributed by atoms with E-state index in [1.54, 1.807) is 6.33 Å². The molecule has 1 N–H and O–H groups in total. The van der Waals surface area contributed by atoms with Gasteiger partial charge in [-0.3, -0.25) is 9.79 Å². The monoisotopic (exact) mass is 372 g/mol. The molecule has 2 heterocycles. The highest BCUT2D eigenvalue weighted by atomic mass is 16.2. The third-order valence-corrected chi connectivity index (χ3v) is 6.42. The van der Waals surface area contributed by atoms with E-state index in [2.05, 4.69) is 38.9 Å². The summed E-state index contributed by atoms with van der Waals surface area (Å²) in [5.41, 5.74) is 7.90. The first-order valence-corrected chi connectivity index (χ1v) is 9.96. The summed E-state index contributed by atoms with van der Waals surface area (Å²) in [7, 11) is 1.81. The second-order valence-corrected chi connectivity index (χ2v) is 7.89. The van der Waals surface area contributed by atoms with Crippen molar-refractivity contribution >= 4 is 23.2 Å². The van der Waals surface area contributed by atoms with Gasteiger partial charge in [-0.15, -0.1) is 0 Å². The van der Waals surface area contributed by atoms with Crippen molar-refractivity contribution in [2.75, 3.05) is 13.6 Å². The lowest BCUT2D eigenvalue weighted by atomic mass is 9.85. The van der Waals surface area contributed by atoms with Crippen molar-refractivity contribution in [3.05, 3.63) is 64.5 Å². The Kier molecular flexibility index (Phi) is 4.04. The number of H-pyrrole nitrogens is 1. The van der Waals surface area contributed by atoms with E-state index in [-0.39, 0.29) is 11.9 Å². The summed E-state index contributed by atoms with van der Waals surface area (Å²) < 4.78 is 0. The van der Waals surface area contributed by atoms with Crippen molar-refractivity contribution < 1.29 is 4.79 Å². The van der Waals surface area contributed by atoms with Crippen LogP contribution in [-0.4, -0.2) is 46.6 Å². The van der Waals surface area contributed by atoms with Gasteiger partial charge < -0.3 is 9.88 Å². The Labute approximate surface area is 164 Å². The van der Waals surface area contributed by atoms with Gasteiger partial charge in [0.25, 0.3) is 5.91 Å². The van der Waals surface area contributed by atoms with E-state index < -0.39 is 0 Å². The van der Waals surface area contributed by atoms with Crippen LogP contribution in [0.25, 0.3) is 11.0 Å². The Morgan fingerprint density at radius 3 is 3.07 bits per heavy atom. The average molecular weight is 372 g/mol. The molecule has 5 nitrogen and oxygen atoms in total. The van der Waals surface area contributed by atoms with Crippen LogP contribution in [0.2, 0.25) is 0 Å². The Morgan fingerprint density at radius 2 is 2.21 bits per heavy atom. The maximum absolute atomic E-state index is 13.4. The second kappa shape index (κ2) is 6.59. The molecule has 1 aromatic heterocycles. The maximum Gasteiger partial charge on any atom is 0.254 e. The predicted molar refractivity (Wildman–Crippen MR) is 111 cm³/mol. The zero-order chi connectivity index (χ0) is 19.3. The van der Waals surface area contributed by atoms with Crippen LogP contribution in [0.15, 0.2) is 41.7 Å². The van der Waals surface area contributed by atoms with Crippen molar-refractivity contribution in [1.29, 1.82) is 0 Å². The standard InChI is InChI=1S/C23H24N4O/c1-14-17(12-24-2)6-5-15-11-21-18(22(14)15)4-3-9-27(21)23(28)16-7-8-19-20(10-16)26-13-25-19/h5-8,10,12-13,18,21H,3-4,9,11H2,1-2H3,(H,25,26). The van der Waals surface area contributed by atoms with Gasteiger partial charge >= 0.3 is 0 Å². The number of hydrogen-bond donors (Lipinski definition) is 1. The van der Waals surface area contributed by atoms with E-state index in [1.807, 2.05) is 31.5 Å². The molecular formula is C23H24N4O. The third kappa shape index (κ3) is 2.57. The third-order valence-electron chi connectivity index (χ3n) is 6.42. The largest absolute Gasteiger partial charge is 0.345 e. The Balaban J connectivity index is 1.49. The van der Waals surface area contributed by atoms with Gasteiger partial charge in [0.15, 0.2) is 0 Å².